The van der Waals surface area contributed by atoms with Gasteiger partial charge in [0.25, 0.3) is 5.91 Å². The molecule has 1 aromatic rings. The van der Waals surface area contributed by atoms with Gasteiger partial charge in [0, 0.05) is 30.9 Å². The van der Waals surface area contributed by atoms with Crippen LogP contribution in [0.15, 0.2) is 18.3 Å². The third-order valence-corrected chi connectivity index (χ3v) is 2.71. The number of hydrogen-bond donors (Lipinski definition) is 0. The van der Waals surface area contributed by atoms with Crippen LogP contribution in [0.1, 0.15) is 23.0 Å². The normalized spacial score (nSPS) is 10.4. The van der Waals surface area contributed by atoms with Crippen LogP contribution in [0.2, 0.25) is 0 Å². The Kier molecular flexibility index (Phi) is 6.68. The Balaban J connectivity index is 2.53. The number of hydrogen-bond acceptors (Lipinski definition) is 3. The zero-order valence-electron chi connectivity index (χ0n) is 10.9. The van der Waals surface area contributed by atoms with Crippen LogP contribution < -0.4 is 0 Å². The first-order valence-corrected chi connectivity index (χ1v) is 6.58. The average molecular weight is 271 g/mol. The molecule has 1 heterocycles. The Morgan fingerprint density at radius 3 is 2.78 bits per heavy atom. The topological polar surface area (TPSA) is 42.4 Å². The van der Waals surface area contributed by atoms with E-state index in [9.17, 15) is 4.79 Å². The van der Waals surface area contributed by atoms with Crippen LogP contribution in [0.4, 0.5) is 0 Å². The van der Waals surface area contributed by atoms with E-state index in [2.05, 4.69) is 4.98 Å². The van der Waals surface area contributed by atoms with E-state index in [1.807, 2.05) is 19.9 Å². The van der Waals surface area contributed by atoms with E-state index in [0.717, 1.165) is 5.69 Å². The number of alkyl halides is 1. The van der Waals surface area contributed by atoms with Crippen LogP contribution in [0.3, 0.4) is 0 Å². The summed E-state index contributed by atoms with van der Waals surface area (Å²) in [4.78, 5) is 18.0. The quantitative estimate of drug-likeness (QED) is 0.563. The van der Waals surface area contributed by atoms with Crippen molar-refractivity contribution in [3.05, 3.63) is 29.6 Å². The molecule has 1 amide bonds. The summed E-state index contributed by atoms with van der Waals surface area (Å²) < 4.78 is 5.28. The first-order valence-electron chi connectivity index (χ1n) is 6.04. The minimum Gasteiger partial charge on any atom is -0.378 e. The Bertz CT molecular complexity index is 368. The lowest BCUT2D eigenvalue weighted by atomic mass is 10.2. The van der Waals surface area contributed by atoms with E-state index in [0.29, 0.717) is 37.7 Å². The summed E-state index contributed by atoms with van der Waals surface area (Å²) in [6.45, 7) is 6.08. The van der Waals surface area contributed by atoms with Crippen molar-refractivity contribution in [2.75, 3.05) is 32.2 Å². The fourth-order valence-electron chi connectivity index (χ4n) is 1.51. The van der Waals surface area contributed by atoms with E-state index < -0.39 is 0 Å². The van der Waals surface area contributed by atoms with Crippen LogP contribution in [-0.2, 0) is 4.74 Å². The van der Waals surface area contributed by atoms with Gasteiger partial charge in [0.15, 0.2) is 0 Å². The molecule has 0 aliphatic heterocycles. The summed E-state index contributed by atoms with van der Waals surface area (Å²) in [5, 5.41) is 0. The molecular weight excluding hydrogens is 252 g/mol. The van der Waals surface area contributed by atoms with Crippen LogP contribution >= 0.6 is 11.6 Å². The smallest absolute Gasteiger partial charge is 0.255 e. The maximum Gasteiger partial charge on any atom is 0.255 e. The summed E-state index contributed by atoms with van der Waals surface area (Å²) in [6, 6.07) is 3.64. The van der Waals surface area contributed by atoms with Crippen molar-refractivity contribution in [3.63, 3.8) is 0 Å². The second kappa shape index (κ2) is 8.06. The monoisotopic (exact) mass is 270 g/mol. The zero-order chi connectivity index (χ0) is 13.4. The van der Waals surface area contributed by atoms with Crippen molar-refractivity contribution < 1.29 is 9.53 Å². The van der Waals surface area contributed by atoms with Gasteiger partial charge in [-0.1, -0.05) is 0 Å². The highest BCUT2D eigenvalue weighted by atomic mass is 35.5. The Labute approximate surface area is 113 Å². The number of aryl methyl sites for hydroxylation is 1. The van der Waals surface area contributed by atoms with Crippen LogP contribution in [0.5, 0.6) is 0 Å². The molecular formula is C13H19ClN2O2. The third-order valence-electron chi connectivity index (χ3n) is 2.55. The second-order valence-corrected chi connectivity index (χ2v) is 4.25. The van der Waals surface area contributed by atoms with Crippen molar-refractivity contribution >= 4 is 17.5 Å². The molecule has 1 aromatic heterocycles. The Morgan fingerprint density at radius 1 is 1.44 bits per heavy atom. The molecule has 0 aromatic carbocycles. The average Bonchev–Trinajstić information content (AvgIpc) is 2.39. The molecule has 0 N–H and O–H groups in total. The number of ether oxygens (including phenoxy) is 1. The molecule has 0 unspecified atom stereocenters. The summed E-state index contributed by atoms with van der Waals surface area (Å²) in [5.74, 6) is 0.460. The number of carbonyl (C=O) groups excluding carboxylic acids is 1. The van der Waals surface area contributed by atoms with Gasteiger partial charge < -0.3 is 9.64 Å². The molecule has 1 rings (SSSR count). The van der Waals surface area contributed by atoms with Crippen LogP contribution in [-0.4, -0.2) is 48.0 Å². The largest absolute Gasteiger partial charge is 0.378 e. The summed E-state index contributed by atoms with van der Waals surface area (Å²) in [5.41, 5.74) is 1.51. The minimum absolute atomic E-state index is 0.0144. The molecule has 0 aliphatic carbocycles. The highest BCUT2D eigenvalue weighted by Gasteiger charge is 2.13. The number of carbonyl (C=O) groups is 1. The standard InChI is InChI=1S/C13H19ClN2O2/c1-3-16(7-9-18-8-6-14)13(17)12-5-4-11(2)15-10-12/h4-5,10H,3,6-9H2,1-2H3. The van der Waals surface area contributed by atoms with Gasteiger partial charge in [-0.25, -0.2) is 0 Å². The first-order chi connectivity index (χ1) is 8.69. The van der Waals surface area contributed by atoms with Crippen LogP contribution in [0, 0.1) is 6.92 Å². The maximum atomic E-state index is 12.2. The lowest BCUT2D eigenvalue weighted by Gasteiger charge is -2.20. The summed E-state index contributed by atoms with van der Waals surface area (Å²) >= 11 is 5.51. The molecule has 0 aliphatic rings. The molecule has 0 fully saturated rings. The maximum absolute atomic E-state index is 12.2. The van der Waals surface area contributed by atoms with Gasteiger partial charge in [0.2, 0.25) is 0 Å². The number of nitrogens with zero attached hydrogens (tertiary/aromatic N) is 2. The summed E-state index contributed by atoms with van der Waals surface area (Å²) in [6.07, 6.45) is 1.61. The molecule has 0 bridgehead atoms. The third kappa shape index (κ3) is 4.63. The number of likely N-dealkylation sites (N-methyl/N-ethyl adjacent to an activating group) is 1. The minimum atomic E-state index is -0.0144. The number of rotatable bonds is 7. The van der Waals surface area contributed by atoms with E-state index in [1.54, 1.807) is 17.2 Å². The van der Waals surface area contributed by atoms with Crippen molar-refractivity contribution in [1.82, 2.24) is 9.88 Å². The summed E-state index contributed by atoms with van der Waals surface area (Å²) in [7, 11) is 0. The number of pyridine rings is 1. The van der Waals surface area contributed by atoms with Gasteiger partial charge in [-0.3, -0.25) is 9.78 Å². The Morgan fingerprint density at radius 2 is 2.22 bits per heavy atom. The molecule has 0 atom stereocenters. The van der Waals surface area contributed by atoms with E-state index >= 15 is 0 Å². The van der Waals surface area contributed by atoms with E-state index in [4.69, 9.17) is 16.3 Å². The van der Waals surface area contributed by atoms with Crippen molar-refractivity contribution in [1.29, 1.82) is 0 Å². The molecule has 0 saturated heterocycles. The van der Waals surface area contributed by atoms with Gasteiger partial charge in [-0.2, -0.15) is 0 Å². The lowest BCUT2D eigenvalue weighted by Crippen LogP contribution is -2.34. The van der Waals surface area contributed by atoms with Crippen molar-refractivity contribution in [2.45, 2.75) is 13.8 Å². The van der Waals surface area contributed by atoms with Gasteiger partial charge in [0.1, 0.15) is 0 Å². The first kappa shape index (κ1) is 14.9. The molecule has 0 spiro atoms. The number of aromatic nitrogens is 1. The zero-order valence-corrected chi connectivity index (χ0v) is 11.6. The van der Waals surface area contributed by atoms with E-state index in [-0.39, 0.29) is 5.91 Å². The number of amides is 1. The predicted molar refractivity (Wildman–Crippen MR) is 72.1 cm³/mol. The molecule has 0 saturated carbocycles. The highest BCUT2D eigenvalue weighted by Crippen LogP contribution is 2.04. The van der Waals surface area contributed by atoms with Gasteiger partial charge >= 0.3 is 0 Å². The van der Waals surface area contributed by atoms with Gasteiger partial charge in [-0.05, 0) is 26.0 Å². The van der Waals surface area contributed by atoms with Crippen LogP contribution in [0.25, 0.3) is 0 Å². The van der Waals surface area contributed by atoms with Gasteiger partial charge in [-0.15, -0.1) is 11.6 Å². The highest BCUT2D eigenvalue weighted by molar-refractivity contribution is 6.17. The number of halogens is 1. The second-order valence-electron chi connectivity index (χ2n) is 3.87. The Hall–Kier alpha value is -1.13. The molecule has 4 nitrogen and oxygen atoms in total. The van der Waals surface area contributed by atoms with Gasteiger partial charge in [0.05, 0.1) is 18.8 Å². The fourth-order valence-corrected chi connectivity index (χ4v) is 1.62. The SMILES string of the molecule is CCN(CCOCCCl)C(=O)c1ccc(C)nc1. The van der Waals surface area contributed by atoms with Crippen molar-refractivity contribution in [2.24, 2.45) is 0 Å². The molecule has 100 valence electrons. The predicted octanol–water partition coefficient (Wildman–Crippen LogP) is 2.11. The lowest BCUT2D eigenvalue weighted by molar-refractivity contribution is 0.0671. The van der Waals surface area contributed by atoms with E-state index in [1.165, 1.54) is 0 Å². The molecule has 5 heteroatoms. The molecule has 18 heavy (non-hydrogen) atoms. The molecule has 0 radical (unpaired) electrons. The van der Waals surface area contributed by atoms with Crippen molar-refractivity contribution in [3.8, 4) is 0 Å². The fraction of sp³-hybridized carbons (Fsp3) is 0.538.